The summed E-state index contributed by atoms with van der Waals surface area (Å²) in [5.74, 6) is 0.370. The second-order valence-corrected chi connectivity index (χ2v) is 6.20. The summed E-state index contributed by atoms with van der Waals surface area (Å²) in [6.07, 6.45) is 6.17. The largest absolute Gasteiger partial charge is 0.323 e. The van der Waals surface area contributed by atoms with E-state index in [9.17, 15) is 4.79 Å². The van der Waals surface area contributed by atoms with Crippen molar-refractivity contribution >= 4 is 11.6 Å². The molecule has 120 valence electrons. The Morgan fingerprint density at radius 3 is 2.79 bits per heavy atom. The first-order valence-corrected chi connectivity index (χ1v) is 8.27. The molecule has 4 nitrogen and oxygen atoms in total. The molecule has 1 unspecified atom stereocenters. The molecule has 1 aromatic heterocycles. The van der Waals surface area contributed by atoms with Gasteiger partial charge in [0, 0.05) is 6.42 Å². The molecule has 24 heavy (non-hydrogen) atoms. The lowest BCUT2D eigenvalue weighted by molar-refractivity contribution is -0.116. The molecule has 1 atom stereocenters. The molecule has 0 spiro atoms. The van der Waals surface area contributed by atoms with Crippen LogP contribution < -0.4 is 5.32 Å². The van der Waals surface area contributed by atoms with E-state index in [1.54, 1.807) is 10.9 Å². The summed E-state index contributed by atoms with van der Waals surface area (Å²) < 4.78 is 1.76. The van der Waals surface area contributed by atoms with Crippen LogP contribution in [0.3, 0.4) is 0 Å². The minimum atomic E-state index is 0.0457. The van der Waals surface area contributed by atoms with Crippen molar-refractivity contribution in [3.63, 3.8) is 0 Å². The van der Waals surface area contributed by atoms with Crippen LogP contribution in [0.15, 0.2) is 67.0 Å². The van der Waals surface area contributed by atoms with E-state index in [0.717, 1.165) is 24.2 Å². The van der Waals surface area contributed by atoms with Gasteiger partial charge in [-0.3, -0.25) is 4.79 Å². The smallest absolute Gasteiger partial charge is 0.225 e. The Hall–Kier alpha value is -2.88. The van der Waals surface area contributed by atoms with Crippen molar-refractivity contribution in [2.45, 2.75) is 25.2 Å². The highest BCUT2D eigenvalue weighted by molar-refractivity contribution is 5.91. The minimum Gasteiger partial charge on any atom is -0.323 e. The van der Waals surface area contributed by atoms with Gasteiger partial charge in [-0.15, -0.1) is 0 Å². The molecule has 2 aromatic carbocycles. The second-order valence-electron chi connectivity index (χ2n) is 6.20. The number of aromatic nitrogens is 2. The van der Waals surface area contributed by atoms with Gasteiger partial charge in [-0.1, -0.05) is 42.5 Å². The fraction of sp³-hybridized carbons (Fsp3) is 0.200. The highest BCUT2D eigenvalue weighted by atomic mass is 16.1. The number of hydrogen-bond acceptors (Lipinski definition) is 2. The molecule has 0 bridgehead atoms. The Bertz CT molecular complexity index is 854. The molecule has 0 aliphatic heterocycles. The van der Waals surface area contributed by atoms with Crippen LogP contribution in [0.2, 0.25) is 0 Å². The zero-order valence-electron chi connectivity index (χ0n) is 13.4. The number of hydrogen-bond donors (Lipinski definition) is 1. The van der Waals surface area contributed by atoms with Crippen molar-refractivity contribution in [1.82, 2.24) is 9.78 Å². The average molecular weight is 317 g/mol. The maximum atomic E-state index is 12.4. The third-order valence-electron chi connectivity index (χ3n) is 4.58. The van der Waals surface area contributed by atoms with E-state index in [1.807, 2.05) is 36.5 Å². The van der Waals surface area contributed by atoms with Crippen LogP contribution in [-0.2, 0) is 11.2 Å². The standard InChI is InChI=1S/C20H19N3O/c24-20(12-16-11-10-15-6-4-5-9-19(15)16)22-17-13-21-23(14-17)18-7-2-1-3-8-18/h1-9,13-14,16H,10-12H2,(H,22,24). The molecular formula is C20H19N3O. The number of para-hydroxylation sites is 1. The van der Waals surface area contributed by atoms with Crippen molar-refractivity contribution in [3.8, 4) is 5.69 Å². The van der Waals surface area contributed by atoms with Gasteiger partial charge in [0.05, 0.1) is 23.8 Å². The number of carbonyl (C=O) groups excluding carboxylic acids is 1. The van der Waals surface area contributed by atoms with E-state index in [1.165, 1.54) is 11.1 Å². The maximum Gasteiger partial charge on any atom is 0.225 e. The number of benzene rings is 2. The van der Waals surface area contributed by atoms with Gasteiger partial charge in [0.1, 0.15) is 0 Å². The predicted molar refractivity (Wildman–Crippen MR) is 94.3 cm³/mol. The van der Waals surface area contributed by atoms with Gasteiger partial charge in [0.15, 0.2) is 0 Å². The van der Waals surface area contributed by atoms with Crippen LogP contribution >= 0.6 is 0 Å². The summed E-state index contributed by atoms with van der Waals surface area (Å²) in [7, 11) is 0. The number of carbonyl (C=O) groups is 1. The summed E-state index contributed by atoms with van der Waals surface area (Å²) in [6.45, 7) is 0. The summed E-state index contributed by atoms with van der Waals surface area (Å²) in [6, 6.07) is 18.3. The van der Waals surface area contributed by atoms with Gasteiger partial charge in [0.25, 0.3) is 0 Å². The summed E-state index contributed by atoms with van der Waals surface area (Å²) in [4.78, 5) is 12.4. The Morgan fingerprint density at radius 2 is 1.92 bits per heavy atom. The molecule has 1 heterocycles. The summed E-state index contributed by atoms with van der Waals surface area (Å²) >= 11 is 0. The van der Waals surface area contributed by atoms with E-state index in [4.69, 9.17) is 0 Å². The van der Waals surface area contributed by atoms with Crippen LogP contribution in [0.1, 0.15) is 29.9 Å². The van der Waals surface area contributed by atoms with Gasteiger partial charge in [-0.25, -0.2) is 4.68 Å². The minimum absolute atomic E-state index is 0.0457. The Labute approximate surface area is 141 Å². The molecule has 1 N–H and O–H groups in total. The van der Waals surface area contributed by atoms with E-state index in [0.29, 0.717) is 12.3 Å². The zero-order chi connectivity index (χ0) is 16.4. The summed E-state index contributed by atoms with van der Waals surface area (Å²) in [5, 5.41) is 7.28. The average Bonchev–Trinajstić information content (AvgIpc) is 3.23. The molecule has 1 amide bonds. The first kappa shape index (κ1) is 14.7. The normalized spacial score (nSPS) is 15.9. The molecule has 1 aliphatic carbocycles. The number of nitrogens with one attached hydrogen (secondary N) is 1. The molecule has 0 saturated carbocycles. The van der Waals surface area contributed by atoms with Crippen molar-refractivity contribution in [3.05, 3.63) is 78.1 Å². The van der Waals surface area contributed by atoms with E-state index in [-0.39, 0.29) is 5.91 Å². The maximum absolute atomic E-state index is 12.4. The number of nitrogens with zero attached hydrogens (tertiary/aromatic N) is 2. The number of anilines is 1. The number of amides is 1. The van der Waals surface area contributed by atoms with Crippen LogP contribution in [0.5, 0.6) is 0 Å². The number of rotatable bonds is 4. The second kappa shape index (κ2) is 6.32. The van der Waals surface area contributed by atoms with E-state index >= 15 is 0 Å². The quantitative estimate of drug-likeness (QED) is 0.792. The van der Waals surface area contributed by atoms with Crippen molar-refractivity contribution in [2.24, 2.45) is 0 Å². The van der Waals surface area contributed by atoms with E-state index in [2.05, 4.69) is 34.7 Å². The van der Waals surface area contributed by atoms with Gasteiger partial charge < -0.3 is 5.32 Å². The van der Waals surface area contributed by atoms with Gasteiger partial charge >= 0.3 is 0 Å². The lowest BCUT2D eigenvalue weighted by Crippen LogP contribution is -2.14. The van der Waals surface area contributed by atoms with Crippen LogP contribution in [0.25, 0.3) is 5.69 Å². The lowest BCUT2D eigenvalue weighted by Gasteiger charge is -2.10. The monoisotopic (exact) mass is 317 g/mol. The molecule has 0 fully saturated rings. The van der Waals surface area contributed by atoms with Crippen LogP contribution in [-0.4, -0.2) is 15.7 Å². The SMILES string of the molecule is O=C(CC1CCc2ccccc21)Nc1cnn(-c2ccccc2)c1. The summed E-state index contributed by atoms with van der Waals surface area (Å²) in [5.41, 5.74) is 4.41. The third-order valence-corrected chi connectivity index (χ3v) is 4.58. The van der Waals surface area contributed by atoms with Crippen molar-refractivity contribution in [2.75, 3.05) is 5.32 Å². The fourth-order valence-electron chi connectivity index (χ4n) is 3.40. The van der Waals surface area contributed by atoms with E-state index < -0.39 is 0 Å². The number of aryl methyl sites for hydroxylation is 1. The lowest BCUT2D eigenvalue weighted by atomic mass is 9.97. The first-order valence-electron chi connectivity index (χ1n) is 8.27. The van der Waals surface area contributed by atoms with Crippen LogP contribution in [0.4, 0.5) is 5.69 Å². The van der Waals surface area contributed by atoms with Gasteiger partial charge in [-0.05, 0) is 42.0 Å². The highest BCUT2D eigenvalue weighted by Crippen LogP contribution is 2.35. The number of fused-ring (bicyclic) bond motifs is 1. The Kier molecular flexibility index (Phi) is 3.87. The fourth-order valence-corrected chi connectivity index (χ4v) is 3.40. The molecular weight excluding hydrogens is 298 g/mol. The zero-order valence-corrected chi connectivity index (χ0v) is 13.4. The molecule has 1 aliphatic rings. The Morgan fingerprint density at radius 1 is 1.12 bits per heavy atom. The topological polar surface area (TPSA) is 46.9 Å². The van der Waals surface area contributed by atoms with Crippen molar-refractivity contribution < 1.29 is 4.79 Å². The molecule has 4 heteroatoms. The van der Waals surface area contributed by atoms with Crippen LogP contribution in [0, 0.1) is 0 Å². The molecule has 0 saturated heterocycles. The first-order chi connectivity index (χ1) is 11.8. The third kappa shape index (κ3) is 2.95. The Balaban J connectivity index is 1.42. The van der Waals surface area contributed by atoms with Crippen molar-refractivity contribution in [1.29, 1.82) is 0 Å². The predicted octanol–water partition coefficient (Wildman–Crippen LogP) is 3.93. The highest BCUT2D eigenvalue weighted by Gasteiger charge is 2.24. The molecule has 0 radical (unpaired) electrons. The van der Waals surface area contributed by atoms with Gasteiger partial charge in [-0.2, -0.15) is 5.10 Å². The molecule has 3 aromatic rings. The molecule has 4 rings (SSSR count). The van der Waals surface area contributed by atoms with Gasteiger partial charge in [0.2, 0.25) is 5.91 Å².